The molecule has 1 aliphatic carbocycles. The third kappa shape index (κ3) is 6.09. The number of hydrogen-bond acceptors (Lipinski definition) is 8. The number of hydrogen-bond donors (Lipinski definition) is 1. The number of carbonyl (C=O) groups excluding carboxylic acids is 1. The number of aromatic nitrogens is 2. The van der Waals surface area contributed by atoms with Gasteiger partial charge in [0.1, 0.15) is 5.69 Å². The molecule has 3 aliphatic rings. The van der Waals surface area contributed by atoms with Crippen molar-refractivity contribution < 1.29 is 32.2 Å². The van der Waals surface area contributed by atoms with Crippen LogP contribution >= 0.6 is 0 Å². The summed E-state index contributed by atoms with van der Waals surface area (Å²) in [6.07, 6.45) is -0.286. The van der Waals surface area contributed by atoms with Crippen LogP contribution in [-0.4, -0.2) is 98.7 Å². The summed E-state index contributed by atoms with van der Waals surface area (Å²) in [5.74, 6) is 0.0929. The van der Waals surface area contributed by atoms with Gasteiger partial charge >= 0.3 is 6.18 Å². The van der Waals surface area contributed by atoms with E-state index in [2.05, 4.69) is 15.3 Å². The van der Waals surface area contributed by atoms with Crippen molar-refractivity contribution in [3.8, 4) is 0 Å². The largest absolute Gasteiger partial charge is 0.433 e. The average molecular weight is 516 g/mol. The van der Waals surface area contributed by atoms with Crippen molar-refractivity contribution in [1.29, 1.82) is 0 Å². The van der Waals surface area contributed by atoms with Gasteiger partial charge in [-0.15, -0.1) is 0 Å². The molecule has 4 atom stereocenters. The maximum atomic E-state index is 13.8. The molecule has 1 N–H and O–H groups in total. The van der Waals surface area contributed by atoms with Crippen molar-refractivity contribution in [1.82, 2.24) is 20.2 Å². The molecule has 36 heavy (non-hydrogen) atoms. The third-order valence-electron chi connectivity index (χ3n) is 7.48. The van der Waals surface area contributed by atoms with Crippen molar-refractivity contribution in [2.24, 2.45) is 5.41 Å². The highest BCUT2D eigenvalue weighted by Gasteiger charge is 2.48. The number of piperazine rings is 1. The Bertz CT molecular complexity index is 884. The Labute approximate surface area is 209 Å². The number of ether oxygens (including phenoxy) is 3. The minimum atomic E-state index is -4.53. The van der Waals surface area contributed by atoms with Gasteiger partial charge < -0.3 is 29.3 Å². The Morgan fingerprint density at radius 3 is 2.75 bits per heavy atom. The zero-order valence-electron chi connectivity index (χ0n) is 20.9. The van der Waals surface area contributed by atoms with E-state index in [1.807, 2.05) is 11.8 Å². The van der Waals surface area contributed by atoms with E-state index in [9.17, 15) is 18.0 Å². The van der Waals surface area contributed by atoms with Crippen LogP contribution in [0.4, 0.5) is 19.1 Å². The molecule has 1 unspecified atom stereocenters. The molecule has 0 radical (unpaired) electrons. The standard InChI is InChI=1S/C24H36F3N5O4/c1-3-35-16-23(7-4-17(14-23)29-18-6-13-36-15-19(18)34-2)21(33)31-9-11-32(12-10-31)22-28-8-5-20(30-22)24(25,26)27/h5,8,17-19,29H,3-4,6-7,9-16H2,1-2H3/t17-,18-,19-,23?/m1/s1. The van der Waals surface area contributed by atoms with Crippen molar-refractivity contribution in [3.63, 3.8) is 0 Å². The fraction of sp³-hybridized carbons (Fsp3) is 0.792. The predicted molar refractivity (Wildman–Crippen MR) is 126 cm³/mol. The molecule has 0 spiro atoms. The summed E-state index contributed by atoms with van der Waals surface area (Å²) < 4.78 is 56.1. The lowest BCUT2D eigenvalue weighted by Gasteiger charge is -2.40. The average Bonchev–Trinajstić information content (AvgIpc) is 3.31. The number of nitrogens with zero attached hydrogens (tertiary/aromatic N) is 4. The van der Waals surface area contributed by atoms with Crippen LogP contribution in [0.2, 0.25) is 0 Å². The fourth-order valence-corrected chi connectivity index (χ4v) is 5.49. The second kappa shape index (κ2) is 11.6. The van der Waals surface area contributed by atoms with Gasteiger partial charge in [0.05, 0.1) is 24.7 Å². The quantitative estimate of drug-likeness (QED) is 0.563. The van der Waals surface area contributed by atoms with Gasteiger partial charge in [0.25, 0.3) is 0 Å². The van der Waals surface area contributed by atoms with Gasteiger partial charge in [0.15, 0.2) is 0 Å². The van der Waals surface area contributed by atoms with Crippen LogP contribution in [0, 0.1) is 5.41 Å². The molecule has 3 heterocycles. The number of rotatable bonds is 8. The van der Waals surface area contributed by atoms with Gasteiger partial charge in [-0.25, -0.2) is 9.97 Å². The Morgan fingerprint density at radius 2 is 2.06 bits per heavy atom. The predicted octanol–water partition coefficient (Wildman–Crippen LogP) is 2.11. The van der Waals surface area contributed by atoms with Gasteiger partial charge in [-0.2, -0.15) is 13.2 Å². The second-order valence-electron chi connectivity index (χ2n) is 9.79. The number of nitrogens with one attached hydrogen (secondary N) is 1. The van der Waals surface area contributed by atoms with Gasteiger partial charge in [-0.05, 0) is 38.7 Å². The first-order valence-electron chi connectivity index (χ1n) is 12.6. The molecule has 3 fully saturated rings. The van der Waals surface area contributed by atoms with Crippen LogP contribution in [0.25, 0.3) is 0 Å². The molecule has 1 aromatic heterocycles. The van der Waals surface area contributed by atoms with E-state index in [1.165, 1.54) is 0 Å². The van der Waals surface area contributed by atoms with E-state index in [0.717, 1.165) is 31.5 Å². The van der Waals surface area contributed by atoms with Crippen molar-refractivity contribution in [3.05, 3.63) is 18.0 Å². The molecule has 9 nitrogen and oxygen atoms in total. The van der Waals surface area contributed by atoms with Gasteiger partial charge in [-0.3, -0.25) is 4.79 Å². The van der Waals surface area contributed by atoms with E-state index >= 15 is 0 Å². The van der Waals surface area contributed by atoms with Crippen molar-refractivity contribution in [2.45, 2.75) is 57.0 Å². The number of carbonyl (C=O) groups is 1. The summed E-state index contributed by atoms with van der Waals surface area (Å²) in [6, 6.07) is 1.22. The highest BCUT2D eigenvalue weighted by Crippen LogP contribution is 2.41. The minimum absolute atomic E-state index is 0.0116. The van der Waals surface area contributed by atoms with Gasteiger partial charge in [0, 0.05) is 64.8 Å². The van der Waals surface area contributed by atoms with Crippen LogP contribution in [0.3, 0.4) is 0 Å². The summed E-state index contributed by atoms with van der Waals surface area (Å²) in [5, 5.41) is 3.71. The van der Waals surface area contributed by atoms with Gasteiger partial charge in [0.2, 0.25) is 11.9 Å². The van der Waals surface area contributed by atoms with E-state index in [0.29, 0.717) is 59.0 Å². The highest BCUT2D eigenvalue weighted by atomic mass is 19.4. The van der Waals surface area contributed by atoms with Crippen LogP contribution in [0.15, 0.2) is 12.3 Å². The number of methoxy groups -OCH3 is 1. The van der Waals surface area contributed by atoms with Crippen LogP contribution in [-0.2, 0) is 25.2 Å². The first kappa shape index (κ1) is 27.0. The normalized spacial score (nSPS) is 29.5. The Kier molecular flexibility index (Phi) is 8.69. The Balaban J connectivity index is 1.38. The summed E-state index contributed by atoms with van der Waals surface area (Å²) >= 11 is 0. The molecular formula is C24H36F3N5O4. The maximum Gasteiger partial charge on any atom is 0.433 e. The van der Waals surface area contributed by atoms with Gasteiger partial charge in [-0.1, -0.05) is 0 Å². The molecule has 1 amide bonds. The second-order valence-corrected chi connectivity index (χ2v) is 9.79. The van der Waals surface area contributed by atoms with Crippen LogP contribution < -0.4 is 10.2 Å². The number of halogens is 3. The SMILES string of the molecule is CCOCC1(C(=O)N2CCN(c3nccc(C(F)(F)F)n3)CC2)CC[C@@H](N[C@@H]2CCOC[C@H]2OC)C1. The molecule has 4 rings (SSSR count). The summed E-state index contributed by atoms with van der Waals surface area (Å²) in [5.41, 5.74) is -1.58. The minimum Gasteiger partial charge on any atom is -0.381 e. The van der Waals surface area contributed by atoms with Crippen molar-refractivity contribution >= 4 is 11.9 Å². The molecule has 1 saturated carbocycles. The summed E-state index contributed by atoms with van der Waals surface area (Å²) in [7, 11) is 1.69. The number of anilines is 1. The highest BCUT2D eigenvalue weighted by molar-refractivity contribution is 5.83. The molecule has 2 saturated heterocycles. The molecule has 12 heteroatoms. The molecular weight excluding hydrogens is 479 g/mol. The maximum absolute atomic E-state index is 13.8. The van der Waals surface area contributed by atoms with E-state index < -0.39 is 17.3 Å². The first-order valence-corrected chi connectivity index (χ1v) is 12.6. The molecule has 1 aromatic rings. The Morgan fingerprint density at radius 1 is 1.28 bits per heavy atom. The summed E-state index contributed by atoms with van der Waals surface area (Å²) in [6.45, 7) is 5.59. The molecule has 0 aromatic carbocycles. The number of alkyl halides is 3. The zero-order chi connectivity index (χ0) is 25.8. The zero-order valence-corrected chi connectivity index (χ0v) is 20.9. The monoisotopic (exact) mass is 515 g/mol. The smallest absolute Gasteiger partial charge is 0.381 e. The molecule has 2 aliphatic heterocycles. The lowest BCUT2D eigenvalue weighted by molar-refractivity contribution is -0.146. The molecule has 0 bridgehead atoms. The van der Waals surface area contributed by atoms with Crippen LogP contribution in [0.1, 0.15) is 38.3 Å². The number of amides is 1. The molecule has 202 valence electrons. The van der Waals surface area contributed by atoms with Crippen molar-refractivity contribution in [2.75, 3.05) is 64.6 Å². The first-order chi connectivity index (χ1) is 17.3. The van der Waals surface area contributed by atoms with E-state index in [4.69, 9.17) is 14.2 Å². The lowest BCUT2D eigenvalue weighted by atomic mass is 9.84. The topological polar surface area (TPSA) is 89.1 Å². The lowest BCUT2D eigenvalue weighted by Crippen LogP contribution is -2.55. The van der Waals surface area contributed by atoms with E-state index in [1.54, 1.807) is 12.0 Å². The van der Waals surface area contributed by atoms with Crippen LogP contribution in [0.5, 0.6) is 0 Å². The van der Waals surface area contributed by atoms with E-state index in [-0.39, 0.29) is 30.0 Å². The Hall–Kier alpha value is -2.02. The fourth-order valence-electron chi connectivity index (χ4n) is 5.49. The third-order valence-corrected chi connectivity index (χ3v) is 7.48. The summed E-state index contributed by atoms with van der Waals surface area (Å²) in [4.78, 5) is 25.0.